The summed E-state index contributed by atoms with van der Waals surface area (Å²) < 4.78 is 11.6. The fourth-order valence-corrected chi connectivity index (χ4v) is 3.49. The van der Waals surface area contributed by atoms with E-state index in [0.717, 1.165) is 5.56 Å². The Bertz CT molecular complexity index is 978. The predicted molar refractivity (Wildman–Crippen MR) is 114 cm³/mol. The number of ether oxygens (including phenoxy) is 2. The first kappa shape index (κ1) is 21.4. The zero-order chi connectivity index (χ0) is 21.5. The van der Waals surface area contributed by atoms with Crippen molar-refractivity contribution >= 4 is 23.6 Å². The number of carbonyl (C=O) groups is 2. The van der Waals surface area contributed by atoms with Crippen molar-refractivity contribution in [3.8, 4) is 5.75 Å². The van der Waals surface area contributed by atoms with E-state index in [9.17, 15) is 14.4 Å². The molecule has 0 N–H and O–H groups in total. The lowest BCUT2D eigenvalue weighted by molar-refractivity contribution is -0.150. The molecule has 2 aromatic rings. The Morgan fingerprint density at radius 2 is 1.93 bits per heavy atom. The lowest BCUT2D eigenvalue weighted by atomic mass is 9.98. The normalized spacial score (nSPS) is 16.8. The Balaban J connectivity index is 1.94. The number of likely N-dealkylation sites (tertiary alicyclic amines) is 1. The zero-order valence-corrected chi connectivity index (χ0v) is 17.2. The summed E-state index contributed by atoms with van der Waals surface area (Å²) >= 11 is 0. The van der Waals surface area contributed by atoms with Crippen molar-refractivity contribution in [1.29, 1.82) is 0 Å². The summed E-state index contributed by atoms with van der Waals surface area (Å²) in [6.07, 6.45) is 4.64. The van der Waals surface area contributed by atoms with Crippen molar-refractivity contribution < 1.29 is 19.1 Å². The van der Waals surface area contributed by atoms with Crippen LogP contribution in [0.4, 0.5) is 0 Å². The number of benzene rings is 1. The molecule has 30 heavy (non-hydrogen) atoms. The Morgan fingerprint density at radius 3 is 2.60 bits per heavy atom. The topological polar surface area (TPSA) is 77.8 Å². The van der Waals surface area contributed by atoms with Crippen LogP contribution in [-0.2, 0) is 14.3 Å². The Morgan fingerprint density at radius 1 is 1.17 bits per heavy atom. The molecular weight excluding hydrogens is 384 g/mol. The highest BCUT2D eigenvalue weighted by atomic mass is 16.5. The van der Waals surface area contributed by atoms with E-state index in [1.165, 1.54) is 10.6 Å². The highest BCUT2D eigenvalue weighted by molar-refractivity contribution is 6.18. The summed E-state index contributed by atoms with van der Waals surface area (Å²) in [6.45, 7) is 2.88. The number of piperidine rings is 1. The molecule has 158 valence electrons. The summed E-state index contributed by atoms with van der Waals surface area (Å²) in [4.78, 5) is 39.7. The molecule has 2 heterocycles. The smallest absolute Gasteiger partial charge is 0.310 e. The highest BCUT2D eigenvalue weighted by Gasteiger charge is 2.31. The van der Waals surface area contributed by atoms with Gasteiger partial charge in [0.2, 0.25) is 0 Å². The molecule has 1 aromatic heterocycles. The van der Waals surface area contributed by atoms with Gasteiger partial charge in [-0.05, 0) is 49.6 Å². The van der Waals surface area contributed by atoms with Crippen LogP contribution >= 0.6 is 0 Å². The number of methoxy groups -OCH3 is 1. The van der Waals surface area contributed by atoms with Gasteiger partial charge in [-0.2, -0.15) is 0 Å². The van der Waals surface area contributed by atoms with Gasteiger partial charge in [0, 0.05) is 25.4 Å². The summed E-state index contributed by atoms with van der Waals surface area (Å²) in [5.74, 6) is -0.233. The number of carbonyl (C=O) groups excluding carboxylic acids is 2. The van der Waals surface area contributed by atoms with E-state index >= 15 is 0 Å². The van der Waals surface area contributed by atoms with Crippen molar-refractivity contribution in [1.82, 2.24) is 9.47 Å². The number of amides is 1. The first-order valence-corrected chi connectivity index (χ1v) is 10.0. The maximum absolute atomic E-state index is 13.4. The number of nitrogens with zero attached hydrogens (tertiary/aromatic N) is 2. The highest BCUT2D eigenvalue weighted by Crippen LogP contribution is 2.22. The van der Waals surface area contributed by atoms with Crippen LogP contribution in [0.3, 0.4) is 0 Å². The van der Waals surface area contributed by atoms with Gasteiger partial charge in [0.25, 0.3) is 11.5 Å². The van der Waals surface area contributed by atoms with Crippen LogP contribution < -0.4 is 10.3 Å². The van der Waals surface area contributed by atoms with Crippen LogP contribution in [0.15, 0.2) is 53.5 Å². The van der Waals surface area contributed by atoms with E-state index in [1.54, 1.807) is 55.5 Å². The third-order valence-electron chi connectivity index (χ3n) is 5.05. The second kappa shape index (κ2) is 9.91. The van der Waals surface area contributed by atoms with Crippen molar-refractivity contribution in [3.63, 3.8) is 0 Å². The molecule has 0 unspecified atom stereocenters. The van der Waals surface area contributed by atoms with E-state index in [4.69, 9.17) is 9.47 Å². The molecule has 1 aliphatic rings. The number of esters is 1. The van der Waals surface area contributed by atoms with Crippen LogP contribution in [0.1, 0.15) is 25.3 Å². The molecule has 0 bridgehead atoms. The summed E-state index contributed by atoms with van der Waals surface area (Å²) in [5.41, 5.74) is 0.689. The van der Waals surface area contributed by atoms with Gasteiger partial charge in [0.05, 0.1) is 19.6 Å². The molecule has 7 nitrogen and oxygen atoms in total. The fraction of sp³-hybridized carbons (Fsp3) is 0.348. The molecule has 1 saturated heterocycles. The average Bonchev–Trinajstić information content (AvgIpc) is 2.78. The minimum atomic E-state index is -0.350. The van der Waals surface area contributed by atoms with Crippen molar-refractivity contribution in [2.45, 2.75) is 19.8 Å². The summed E-state index contributed by atoms with van der Waals surface area (Å²) in [5, 5.41) is 0. The fourth-order valence-electron chi connectivity index (χ4n) is 3.49. The molecule has 1 aliphatic heterocycles. The van der Waals surface area contributed by atoms with Gasteiger partial charge in [0.15, 0.2) is 0 Å². The predicted octanol–water partition coefficient (Wildman–Crippen LogP) is 2.66. The van der Waals surface area contributed by atoms with E-state index in [2.05, 4.69) is 0 Å². The average molecular weight is 410 g/mol. The van der Waals surface area contributed by atoms with Gasteiger partial charge in [-0.1, -0.05) is 18.2 Å². The van der Waals surface area contributed by atoms with Gasteiger partial charge in [0.1, 0.15) is 11.4 Å². The molecule has 3 rings (SSSR count). The van der Waals surface area contributed by atoms with Crippen LogP contribution in [0.5, 0.6) is 5.75 Å². The minimum absolute atomic E-state index is 0.232. The van der Waals surface area contributed by atoms with Gasteiger partial charge < -0.3 is 14.4 Å². The van der Waals surface area contributed by atoms with E-state index < -0.39 is 0 Å². The first-order valence-electron chi connectivity index (χ1n) is 10.0. The lowest BCUT2D eigenvalue weighted by Gasteiger charge is -2.32. The van der Waals surface area contributed by atoms with E-state index in [0.29, 0.717) is 31.7 Å². The van der Waals surface area contributed by atoms with Gasteiger partial charge in [-0.15, -0.1) is 0 Å². The maximum Gasteiger partial charge on any atom is 0.310 e. The SMILES string of the molecule is CCOC(=O)[C@@H]1CCCN(C(=O)/C(=C\c2ccc(OC)cc2)n2ccccc2=O)C1. The molecule has 7 heteroatoms. The molecular formula is C23H26N2O5. The summed E-state index contributed by atoms with van der Waals surface area (Å²) in [6, 6.07) is 12.0. The number of rotatable bonds is 6. The second-order valence-electron chi connectivity index (χ2n) is 7.05. The number of pyridine rings is 1. The molecule has 1 aromatic carbocycles. The standard InChI is InChI=1S/C23H26N2O5/c1-3-30-23(28)18-7-6-13-24(16-18)22(27)20(25-14-5-4-8-21(25)26)15-17-9-11-19(29-2)12-10-17/h4-5,8-12,14-15,18H,3,6-7,13,16H2,1-2H3/b20-15+/t18-/m1/s1. The van der Waals surface area contributed by atoms with Crippen LogP contribution in [0.2, 0.25) is 0 Å². The largest absolute Gasteiger partial charge is 0.497 e. The van der Waals surface area contributed by atoms with Crippen LogP contribution in [0.25, 0.3) is 11.8 Å². The third kappa shape index (κ3) is 4.97. The monoisotopic (exact) mass is 410 g/mol. The molecule has 0 aliphatic carbocycles. The van der Waals surface area contributed by atoms with E-state index in [1.807, 2.05) is 12.1 Å². The molecule has 0 radical (unpaired) electrons. The Kier molecular flexibility index (Phi) is 7.06. The van der Waals surface area contributed by atoms with Gasteiger partial charge in [-0.25, -0.2) is 0 Å². The molecule has 0 spiro atoms. The molecule has 1 atom stereocenters. The number of aromatic nitrogens is 1. The Labute approximate surface area is 175 Å². The summed E-state index contributed by atoms with van der Waals surface area (Å²) in [7, 11) is 1.58. The van der Waals surface area contributed by atoms with Crippen molar-refractivity contribution in [2.75, 3.05) is 26.8 Å². The van der Waals surface area contributed by atoms with E-state index in [-0.39, 0.29) is 35.6 Å². The molecule has 0 saturated carbocycles. The quantitative estimate of drug-likeness (QED) is 0.540. The van der Waals surface area contributed by atoms with Gasteiger partial charge in [-0.3, -0.25) is 19.0 Å². The van der Waals surface area contributed by atoms with Gasteiger partial charge >= 0.3 is 5.97 Å². The van der Waals surface area contributed by atoms with Crippen molar-refractivity contribution in [3.05, 3.63) is 64.6 Å². The number of hydrogen-bond acceptors (Lipinski definition) is 5. The molecule has 1 fully saturated rings. The maximum atomic E-state index is 13.4. The minimum Gasteiger partial charge on any atom is -0.497 e. The molecule has 1 amide bonds. The second-order valence-corrected chi connectivity index (χ2v) is 7.05. The Hall–Kier alpha value is -3.35. The first-order chi connectivity index (χ1) is 14.5. The van der Waals surface area contributed by atoms with Crippen molar-refractivity contribution in [2.24, 2.45) is 5.92 Å². The third-order valence-corrected chi connectivity index (χ3v) is 5.05. The number of hydrogen-bond donors (Lipinski definition) is 0. The lowest BCUT2D eigenvalue weighted by Crippen LogP contribution is -2.44. The van der Waals surface area contributed by atoms with Crippen LogP contribution in [0, 0.1) is 5.92 Å². The van der Waals surface area contributed by atoms with Crippen LogP contribution in [-0.4, -0.2) is 48.1 Å². The zero-order valence-electron chi connectivity index (χ0n) is 17.2.